The van der Waals surface area contributed by atoms with Gasteiger partial charge in [-0.05, 0) is 47.8 Å². The van der Waals surface area contributed by atoms with Crippen LogP contribution in [0.5, 0.6) is 0 Å². The molecule has 7 nitrogen and oxygen atoms in total. The number of pyridine rings is 1. The average molecular weight is 550 g/mol. The molecule has 1 aliphatic heterocycles. The molecule has 0 unspecified atom stereocenters. The van der Waals surface area contributed by atoms with Crippen LogP contribution in [0.25, 0.3) is 5.65 Å². The van der Waals surface area contributed by atoms with Gasteiger partial charge < -0.3 is 19.4 Å². The van der Waals surface area contributed by atoms with E-state index in [9.17, 15) is 4.79 Å². The van der Waals surface area contributed by atoms with Crippen molar-refractivity contribution < 1.29 is 9.53 Å². The Morgan fingerprint density at radius 1 is 1.37 bits per heavy atom. The van der Waals surface area contributed by atoms with Crippen LogP contribution in [-0.2, 0) is 16.1 Å². The van der Waals surface area contributed by atoms with Crippen LogP contribution in [0, 0.1) is 5.92 Å². The Morgan fingerprint density at radius 3 is 2.78 bits per heavy atom. The molecule has 0 amide bonds. The number of imidazole rings is 1. The van der Waals surface area contributed by atoms with Crippen LogP contribution in [0.15, 0.2) is 34.0 Å². The SMILES string of the molecule is CCNC(=NCc1cn2cc(Br)ccc2n1)N1CCC(C(=O)OC)CC1.I. The van der Waals surface area contributed by atoms with Gasteiger partial charge in [0.15, 0.2) is 5.96 Å². The second-order valence-electron chi connectivity index (χ2n) is 6.30. The third-order valence-electron chi connectivity index (χ3n) is 4.52. The van der Waals surface area contributed by atoms with Gasteiger partial charge in [0.25, 0.3) is 0 Å². The number of hydrogen-bond acceptors (Lipinski definition) is 4. The molecule has 3 rings (SSSR count). The summed E-state index contributed by atoms with van der Waals surface area (Å²) in [6, 6.07) is 3.95. The van der Waals surface area contributed by atoms with Crippen molar-refractivity contribution in [3.05, 3.63) is 34.7 Å². The number of aromatic nitrogens is 2. The van der Waals surface area contributed by atoms with Gasteiger partial charge in [-0.15, -0.1) is 24.0 Å². The molecule has 1 fully saturated rings. The molecule has 2 aromatic rings. The summed E-state index contributed by atoms with van der Waals surface area (Å²) in [5.41, 5.74) is 1.82. The molecule has 0 atom stereocenters. The monoisotopic (exact) mass is 549 g/mol. The van der Waals surface area contributed by atoms with E-state index in [0.717, 1.165) is 54.2 Å². The fourth-order valence-corrected chi connectivity index (χ4v) is 3.52. The Kier molecular flexibility index (Phi) is 8.33. The number of aliphatic imine (C=N–C) groups is 1. The largest absolute Gasteiger partial charge is 0.469 e. The molecule has 0 aromatic carbocycles. The molecule has 0 radical (unpaired) electrons. The van der Waals surface area contributed by atoms with Crippen LogP contribution in [-0.4, -0.2) is 53.0 Å². The lowest BCUT2D eigenvalue weighted by atomic mass is 9.97. The summed E-state index contributed by atoms with van der Waals surface area (Å²) in [6.45, 7) is 4.96. The number of fused-ring (bicyclic) bond motifs is 1. The average Bonchev–Trinajstić information content (AvgIpc) is 3.06. The van der Waals surface area contributed by atoms with E-state index >= 15 is 0 Å². The zero-order valence-electron chi connectivity index (χ0n) is 15.5. The number of carbonyl (C=O) groups is 1. The first-order chi connectivity index (χ1) is 12.6. The van der Waals surface area contributed by atoms with Gasteiger partial charge in [-0.1, -0.05) is 0 Å². The molecule has 1 N–H and O–H groups in total. The summed E-state index contributed by atoms with van der Waals surface area (Å²) in [4.78, 5) is 23.2. The number of piperidine rings is 1. The van der Waals surface area contributed by atoms with Crippen LogP contribution >= 0.6 is 39.9 Å². The summed E-state index contributed by atoms with van der Waals surface area (Å²) < 4.78 is 7.86. The van der Waals surface area contributed by atoms with Crippen molar-refractivity contribution in [1.82, 2.24) is 19.6 Å². The van der Waals surface area contributed by atoms with E-state index in [4.69, 9.17) is 9.73 Å². The Bertz CT molecular complexity index is 802. The van der Waals surface area contributed by atoms with Crippen molar-refractivity contribution in [3.8, 4) is 0 Å². The van der Waals surface area contributed by atoms with Gasteiger partial charge in [0, 0.05) is 36.5 Å². The van der Waals surface area contributed by atoms with E-state index < -0.39 is 0 Å². The Morgan fingerprint density at radius 2 is 2.11 bits per heavy atom. The number of guanidine groups is 1. The topological polar surface area (TPSA) is 71.2 Å². The molecule has 0 spiro atoms. The van der Waals surface area contributed by atoms with Crippen molar-refractivity contribution in [3.63, 3.8) is 0 Å². The van der Waals surface area contributed by atoms with Crippen molar-refractivity contribution in [2.75, 3.05) is 26.7 Å². The zero-order chi connectivity index (χ0) is 18.5. The maximum atomic E-state index is 11.7. The lowest BCUT2D eigenvalue weighted by Crippen LogP contribution is -2.46. The standard InChI is InChI=1S/C18H24BrN5O2.HI/c1-3-20-18(23-8-6-13(7-9-23)17(25)26-2)21-10-15-12-24-11-14(19)4-5-16(24)22-15;/h4-5,11-13H,3,6-10H2,1-2H3,(H,20,21);1H. The van der Waals surface area contributed by atoms with Gasteiger partial charge in [0.2, 0.25) is 0 Å². The minimum atomic E-state index is -0.109. The summed E-state index contributed by atoms with van der Waals surface area (Å²) in [7, 11) is 1.45. The van der Waals surface area contributed by atoms with E-state index in [0.29, 0.717) is 6.54 Å². The Hall–Kier alpha value is -1.36. The highest BCUT2D eigenvalue weighted by Gasteiger charge is 2.26. The summed E-state index contributed by atoms with van der Waals surface area (Å²) in [6.07, 6.45) is 5.56. The lowest BCUT2D eigenvalue weighted by molar-refractivity contribution is -0.146. The van der Waals surface area contributed by atoms with E-state index in [1.54, 1.807) is 0 Å². The minimum absolute atomic E-state index is 0. The van der Waals surface area contributed by atoms with Gasteiger partial charge in [-0.3, -0.25) is 4.79 Å². The number of carbonyl (C=O) groups excluding carboxylic acids is 1. The predicted octanol–water partition coefficient (Wildman–Crippen LogP) is 3.07. The first-order valence-electron chi connectivity index (χ1n) is 8.85. The van der Waals surface area contributed by atoms with E-state index in [-0.39, 0.29) is 35.9 Å². The molecular formula is C18H25BrIN5O2. The smallest absolute Gasteiger partial charge is 0.308 e. The van der Waals surface area contributed by atoms with Gasteiger partial charge >= 0.3 is 5.97 Å². The number of nitrogens with one attached hydrogen (secondary N) is 1. The quantitative estimate of drug-likeness (QED) is 0.275. The first kappa shape index (κ1) is 21.9. The van der Waals surface area contributed by atoms with Crippen LogP contribution in [0.2, 0.25) is 0 Å². The molecule has 148 valence electrons. The van der Waals surface area contributed by atoms with Crippen molar-refractivity contribution in [2.45, 2.75) is 26.3 Å². The molecule has 1 aliphatic rings. The van der Waals surface area contributed by atoms with E-state index in [1.807, 2.05) is 28.9 Å². The number of hydrogen-bond donors (Lipinski definition) is 1. The molecule has 2 aromatic heterocycles. The third kappa shape index (κ3) is 5.56. The van der Waals surface area contributed by atoms with Gasteiger partial charge in [0.05, 0.1) is 25.3 Å². The number of rotatable bonds is 4. The van der Waals surface area contributed by atoms with Crippen LogP contribution in [0.1, 0.15) is 25.5 Å². The Labute approximate surface area is 184 Å². The van der Waals surface area contributed by atoms with Crippen molar-refractivity contribution in [1.29, 1.82) is 0 Å². The molecule has 27 heavy (non-hydrogen) atoms. The zero-order valence-corrected chi connectivity index (χ0v) is 19.4. The van der Waals surface area contributed by atoms with Crippen molar-refractivity contribution in [2.24, 2.45) is 10.9 Å². The van der Waals surface area contributed by atoms with Crippen molar-refractivity contribution >= 4 is 57.5 Å². The van der Waals surface area contributed by atoms with Gasteiger partial charge in [-0.2, -0.15) is 0 Å². The lowest BCUT2D eigenvalue weighted by Gasteiger charge is -2.33. The molecular weight excluding hydrogens is 525 g/mol. The highest BCUT2D eigenvalue weighted by Crippen LogP contribution is 2.19. The first-order valence-corrected chi connectivity index (χ1v) is 9.64. The van der Waals surface area contributed by atoms with Gasteiger partial charge in [-0.25, -0.2) is 9.98 Å². The molecule has 3 heterocycles. The van der Waals surface area contributed by atoms with Crippen LogP contribution < -0.4 is 5.32 Å². The maximum absolute atomic E-state index is 11.7. The fraction of sp³-hybridized carbons (Fsp3) is 0.500. The number of methoxy groups -OCH3 is 1. The summed E-state index contributed by atoms with van der Waals surface area (Å²) >= 11 is 3.47. The molecule has 0 aliphatic carbocycles. The number of halogens is 2. The van der Waals surface area contributed by atoms with E-state index in [2.05, 4.69) is 38.1 Å². The molecule has 0 saturated carbocycles. The maximum Gasteiger partial charge on any atom is 0.308 e. The normalized spacial score (nSPS) is 15.5. The highest BCUT2D eigenvalue weighted by atomic mass is 127. The molecule has 1 saturated heterocycles. The second kappa shape index (κ2) is 10.3. The molecule has 0 bridgehead atoms. The third-order valence-corrected chi connectivity index (χ3v) is 4.99. The minimum Gasteiger partial charge on any atom is -0.469 e. The number of likely N-dealkylation sites (tertiary alicyclic amines) is 1. The highest BCUT2D eigenvalue weighted by molar-refractivity contribution is 14.0. The number of nitrogens with zero attached hydrogens (tertiary/aromatic N) is 4. The fourth-order valence-electron chi connectivity index (χ4n) is 3.17. The van der Waals surface area contributed by atoms with E-state index in [1.165, 1.54) is 7.11 Å². The Balaban J connectivity index is 0.00000261. The number of ether oxygens (including phenoxy) is 1. The van der Waals surface area contributed by atoms with Crippen LogP contribution in [0.3, 0.4) is 0 Å². The van der Waals surface area contributed by atoms with Crippen LogP contribution in [0.4, 0.5) is 0 Å². The second-order valence-corrected chi connectivity index (χ2v) is 7.22. The predicted molar refractivity (Wildman–Crippen MR) is 119 cm³/mol. The summed E-state index contributed by atoms with van der Waals surface area (Å²) in [5.74, 6) is 0.757. The summed E-state index contributed by atoms with van der Waals surface area (Å²) in [5, 5.41) is 3.34. The molecule has 9 heteroatoms. The number of esters is 1. The van der Waals surface area contributed by atoms with Gasteiger partial charge in [0.1, 0.15) is 5.65 Å².